The van der Waals surface area contributed by atoms with Gasteiger partial charge in [0.2, 0.25) is 5.91 Å². The predicted molar refractivity (Wildman–Crippen MR) is 110 cm³/mol. The zero-order chi connectivity index (χ0) is 18.4. The van der Waals surface area contributed by atoms with E-state index < -0.39 is 0 Å². The van der Waals surface area contributed by atoms with Crippen molar-refractivity contribution >= 4 is 17.2 Å². The quantitative estimate of drug-likeness (QED) is 0.686. The van der Waals surface area contributed by atoms with Crippen LogP contribution in [0.4, 0.5) is 5.69 Å². The summed E-state index contributed by atoms with van der Waals surface area (Å²) in [5, 5.41) is 2.92. The Labute approximate surface area is 156 Å². The Morgan fingerprint density at radius 2 is 1.46 bits per heavy atom. The monoisotopic (exact) mass is 343 g/mol. The first kappa shape index (κ1) is 17.9. The molecule has 0 unspecified atom stereocenters. The molecule has 0 aliphatic heterocycles. The number of amides is 1. The van der Waals surface area contributed by atoms with E-state index in [-0.39, 0.29) is 5.91 Å². The first-order chi connectivity index (χ1) is 12.7. The summed E-state index contributed by atoms with van der Waals surface area (Å²) in [4.78, 5) is 11.6. The minimum atomic E-state index is 0.0343. The van der Waals surface area contributed by atoms with Crippen LogP contribution < -0.4 is 5.32 Å². The van der Waals surface area contributed by atoms with Crippen molar-refractivity contribution in [3.8, 4) is 0 Å². The zero-order valence-electron chi connectivity index (χ0n) is 15.4. The lowest BCUT2D eigenvalue weighted by Gasteiger charge is -2.19. The predicted octanol–water partition coefficient (Wildman–Crippen LogP) is 5.99. The fourth-order valence-electron chi connectivity index (χ4n) is 3.36. The van der Waals surface area contributed by atoms with Crippen molar-refractivity contribution in [1.29, 1.82) is 0 Å². The number of allylic oxidation sites excluding steroid dienone is 5. The number of hydrogen-bond donors (Lipinski definition) is 1. The molecule has 0 aromatic heterocycles. The van der Waals surface area contributed by atoms with Gasteiger partial charge >= 0.3 is 0 Å². The van der Waals surface area contributed by atoms with Gasteiger partial charge in [-0.15, -0.1) is 0 Å². The minimum Gasteiger partial charge on any atom is -0.326 e. The molecule has 2 aromatic rings. The van der Waals surface area contributed by atoms with Gasteiger partial charge in [0.15, 0.2) is 0 Å². The summed E-state index contributed by atoms with van der Waals surface area (Å²) >= 11 is 0. The molecule has 1 amide bonds. The lowest BCUT2D eigenvalue weighted by Crippen LogP contribution is -2.09. The van der Waals surface area contributed by atoms with Crippen LogP contribution in [0.1, 0.15) is 37.8 Å². The molecule has 2 heteroatoms. The molecule has 26 heavy (non-hydrogen) atoms. The van der Waals surface area contributed by atoms with Gasteiger partial charge < -0.3 is 5.32 Å². The van der Waals surface area contributed by atoms with Crippen molar-refractivity contribution in [3.63, 3.8) is 0 Å². The lowest BCUT2D eigenvalue weighted by atomic mass is 9.85. The third-order valence-corrected chi connectivity index (χ3v) is 4.69. The maximum atomic E-state index is 11.6. The van der Waals surface area contributed by atoms with Crippen molar-refractivity contribution in [2.24, 2.45) is 5.92 Å². The average molecular weight is 343 g/mol. The van der Waals surface area contributed by atoms with Crippen LogP contribution in [0.5, 0.6) is 0 Å². The molecule has 3 rings (SSSR count). The van der Waals surface area contributed by atoms with E-state index in [2.05, 4.69) is 72.9 Å². The second-order valence-corrected chi connectivity index (χ2v) is 6.39. The van der Waals surface area contributed by atoms with Gasteiger partial charge in [-0.25, -0.2) is 0 Å². The van der Waals surface area contributed by atoms with Crippen molar-refractivity contribution in [1.82, 2.24) is 0 Å². The molecule has 2 aromatic carbocycles. The lowest BCUT2D eigenvalue weighted by molar-refractivity contribution is -0.115. The van der Waals surface area contributed by atoms with Gasteiger partial charge in [-0.1, -0.05) is 86.2 Å². The summed E-state index contributed by atoms with van der Waals surface area (Å²) in [6.45, 7) is 4.07. The second-order valence-electron chi connectivity index (χ2n) is 6.39. The highest BCUT2D eigenvalue weighted by molar-refractivity contribution is 5.91. The summed E-state index contributed by atoms with van der Waals surface area (Å²) in [5.41, 5.74) is 5.93. The first-order valence-electron chi connectivity index (χ1n) is 9.26. The molecule has 0 atom stereocenters. The Kier molecular flexibility index (Phi) is 5.85. The largest absolute Gasteiger partial charge is 0.326 e. The zero-order valence-corrected chi connectivity index (χ0v) is 15.4. The van der Waals surface area contributed by atoms with E-state index in [1.54, 1.807) is 0 Å². The highest BCUT2D eigenvalue weighted by atomic mass is 16.1. The van der Waals surface area contributed by atoms with Gasteiger partial charge in [-0.2, -0.15) is 0 Å². The summed E-state index contributed by atoms with van der Waals surface area (Å²) in [5.74, 6) is 0.377. The van der Waals surface area contributed by atoms with Crippen LogP contribution >= 0.6 is 0 Å². The number of benzene rings is 2. The van der Waals surface area contributed by atoms with Crippen LogP contribution in [-0.2, 0) is 4.79 Å². The molecule has 0 saturated carbocycles. The van der Waals surface area contributed by atoms with E-state index in [0.29, 0.717) is 12.3 Å². The smallest absolute Gasteiger partial charge is 0.224 e. The second kappa shape index (κ2) is 8.48. The van der Waals surface area contributed by atoms with Gasteiger partial charge in [0, 0.05) is 18.0 Å². The van der Waals surface area contributed by atoms with Crippen LogP contribution in [0.25, 0.3) is 5.57 Å². The SMILES string of the molecule is CCC(=O)Nc1ccc(/C(=C(\CC)C2C=CC=C2)c2ccccc2)cc1. The van der Waals surface area contributed by atoms with Crippen molar-refractivity contribution in [3.05, 3.63) is 95.6 Å². The summed E-state index contributed by atoms with van der Waals surface area (Å²) in [7, 11) is 0. The number of carbonyl (C=O) groups excluding carboxylic acids is 1. The van der Waals surface area contributed by atoms with E-state index in [9.17, 15) is 4.79 Å². The molecule has 2 nitrogen and oxygen atoms in total. The van der Waals surface area contributed by atoms with E-state index in [4.69, 9.17) is 0 Å². The Morgan fingerprint density at radius 3 is 2.04 bits per heavy atom. The topological polar surface area (TPSA) is 29.1 Å². The Morgan fingerprint density at radius 1 is 0.846 bits per heavy atom. The van der Waals surface area contributed by atoms with Gasteiger partial charge in [0.05, 0.1) is 0 Å². The number of nitrogens with one attached hydrogen (secondary N) is 1. The number of rotatable bonds is 6. The fraction of sp³-hybridized carbons (Fsp3) is 0.208. The Balaban J connectivity index is 2.05. The van der Waals surface area contributed by atoms with Crippen LogP contribution in [0.2, 0.25) is 0 Å². The van der Waals surface area contributed by atoms with E-state index in [1.165, 1.54) is 22.3 Å². The van der Waals surface area contributed by atoms with Crippen molar-refractivity contribution < 1.29 is 4.79 Å². The maximum Gasteiger partial charge on any atom is 0.224 e. The maximum absolute atomic E-state index is 11.6. The molecule has 0 bridgehead atoms. The Bertz CT molecular complexity index is 830. The normalized spacial score (nSPS) is 14.4. The van der Waals surface area contributed by atoms with E-state index in [1.807, 2.05) is 25.1 Å². The molecular formula is C24H25NO. The molecule has 0 saturated heterocycles. The van der Waals surface area contributed by atoms with Crippen molar-refractivity contribution in [2.45, 2.75) is 26.7 Å². The van der Waals surface area contributed by atoms with E-state index in [0.717, 1.165) is 12.1 Å². The Hall–Kier alpha value is -2.87. The van der Waals surface area contributed by atoms with Crippen LogP contribution in [0.15, 0.2) is 84.5 Å². The summed E-state index contributed by atoms with van der Waals surface area (Å²) < 4.78 is 0. The van der Waals surface area contributed by atoms with Gasteiger partial charge in [-0.05, 0) is 35.3 Å². The number of hydrogen-bond acceptors (Lipinski definition) is 1. The van der Waals surface area contributed by atoms with Gasteiger partial charge in [-0.3, -0.25) is 4.79 Å². The third-order valence-electron chi connectivity index (χ3n) is 4.69. The standard InChI is InChI=1S/C24H25NO/c1-3-22(18-10-8-9-11-18)24(19-12-6-5-7-13-19)20-14-16-21(17-15-20)25-23(26)4-2/h5-18H,3-4H2,1-2H3,(H,25,26)/b24-22+. The van der Waals surface area contributed by atoms with Crippen LogP contribution in [-0.4, -0.2) is 5.91 Å². The van der Waals surface area contributed by atoms with Crippen molar-refractivity contribution in [2.75, 3.05) is 5.32 Å². The third kappa shape index (κ3) is 4.02. The fourth-order valence-corrected chi connectivity index (χ4v) is 3.36. The van der Waals surface area contributed by atoms with Gasteiger partial charge in [0.25, 0.3) is 0 Å². The number of anilines is 1. The summed E-state index contributed by atoms with van der Waals surface area (Å²) in [6, 6.07) is 18.7. The molecule has 1 N–H and O–H groups in total. The summed E-state index contributed by atoms with van der Waals surface area (Å²) in [6.07, 6.45) is 10.2. The minimum absolute atomic E-state index is 0.0343. The molecule has 0 radical (unpaired) electrons. The first-order valence-corrected chi connectivity index (χ1v) is 9.26. The van der Waals surface area contributed by atoms with E-state index >= 15 is 0 Å². The highest BCUT2D eigenvalue weighted by Crippen LogP contribution is 2.35. The molecule has 0 spiro atoms. The molecule has 1 aliphatic carbocycles. The van der Waals surface area contributed by atoms with Crippen LogP contribution in [0.3, 0.4) is 0 Å². The molecule has 1 aliphatic rings. The number of carbonyl (C=O) groups is 1. The molecule has 0 fully saturated rings. The van der Waals surface area contributed by atoms with Crippen LogP contribution in [0, 0.1) is 5.92 Å². The molecule has 132 valence electrons. The molecular weight excluding hydrogens is 318 g/mol. The molecule has 0 heterocycles. The van der Waals surface area contributed by atoms with Gasteiger partial charge in [0.1, 0.15) is 0 Å². The highest BCUT2D eigenvalue weighted by Gasteiger charge is 2.17. The average Bonchev–Trinajstić information content (AvgIpc) is 3.22.